The average Bonchev–Trinajstić information content (AvgIpc) is 2.20. The van der Waals surface area contributed by atoms with E-state index in [9.17, 15) is 0 Å². The van der Waals surface area contributed by atoms with E-state index in [4.69, 9.17) is 9.78 Å². The molecule has 0 bridgehead atoms. The summed E-state index contributed by atoms with van der Waals surface area (Å²) in [7, 11) is 0. The maximum atomic E-state index is 5.34. The Labute approximate surface area is 85.8 Å². The van der Waals surface area contributed by atoms with Gasteiger partial charge in [0.2, 0.25) is 0 Å². The van der Waals surface area contributed by atoms with Crippen LogP contribution in [0.15, 0.2) is 30.3 Å². The van der Waals surface area contributed by atoms with Gasteiger partial charge in [0, 0.05) is 0 Å². The monoisotopic (exact) mass is 194 g/mol. The maximum Gasteiger partial charge on any atom is 0.118 e. The summed E-state index contributed by atoms with van der Waals surface area (Å²) in [5.41, 5.74) is 1.16. The summed E-state index contributed by atoms with van der Waals surface area (Å²) in [5.74, 6) is 0. The van der Waals surface area contributed by atoms with E-state index in [0.29, 0.717) is 0 Å². The lowest BCUT2D eigenvalue weighted by Gasteiger charge is -2.16. The molecular weight excluding hydrogens is 176 g/mol. The quantitative estimate of drug-likeness (QED) is 0.527. The third-order valence-electron chi connectivity index (χ3n) is 1.91. The van der Waals surface area contributed by atoms with Crippen molar-refractivity contribution in [1.29, 1.82) is 0 Å². The Kier molecular flexibility index (Phi) is 4.63. The minimum Gasteiger partial charge on any atom is -0.233 e. The van der Waals surface area contributed by atoms with Crippen molar-refractivity contribution in [2.24, 2.45) is 0 Å². The van der Waals surface area contributed by atoms with Gasteiger partial charge < -0.3 is 0 Å². The Hall–Kier alpha value is -0.860. The van der Waals surface area contributed by atoms with Gasteiger partial charge in [-0.05, 0) is 25.8 Å². The van der Waals surface area contributed by atoms with E-state index in [1.807, 2.05) is 32.0 Å². The van der Waals surface area contributed by atoms with Crippen LogP contribution in [0, 0.1) is 0 Å². The molecule has 1 atom stereocenters. The third kappa shape index (κ3) is 3.48. The fourth-order valence-corrected chi connectivity index (χ4v) is 1.21. The fourth-order valence-electron chi connectivity index (χ4n) is 1.21. The van der Waals surface area contributed by atoms with Crippen LogP contribution in [0.25, 0.3) is 0 Å². The largest absolute Gasteiger partial charge is 0.233 e. The van der Waals surface area contributed by atoms with Crippen molar-refractivity contribution < 1.29 is 9.78 Å². The minimum absolute atomic E-state index is 0.0404. The first-order chi connectivity index (χ1) is 6.74. The molecule has 1 aromatic carbocycles. The highest BCUT2D eigenvalue weighted by Crippen LogP contribution is 2.21. The zero-order chi connectivity index (χ0) is 10.4. The Bertz CT molecular complexity index is 244. The van der Waals surface area contributed by atoms with Crippen LogP contribution >= 0.6 is 0 Å². The van der Waals surface area contributed by atoms with Crippen LogP contribution in [0.3, 0.4) is 0 Å². The van der Waals surface area contributed by atoms with Gasteiger partial charge in [-0.25, -0.2) is 9.78 Å². The molecule has 0 amide bonds. The lowest BCUT2D eigenvalue weighted by Crippen LogP contribution is -2.09. The summed E-state index contributed by atoms with van der Waals surface area (Å²) in [4.78, 5) is 10.5. The summed E-state index contributed by atoms with van der Waals surface area (Å²) in [6.07, 6.45) is 1.06. The summed E-state index contributed by atoms with van der Waals surface area (Å²) >= 11 is 0. The molecule has 0 aliphatic carbocycles. The van der Waals surface area contributed by atoms with E-state index in [-0.39, 0.29) is 12.2 Å². The van der Waals surface area contributed by atoms with Crippen LogP contribution in [-0.2, 0) is 9.78 Å². The van der Waals surface area contributed by atoms with E-state index in [2.05, 4.69) is 19.1 Å². The zero-order valence-electron chi connectivity index (χ0n) is 9.07. The lowest BCUT2D eigenvalue weighted by molar-refractivity contribution is -0.348. The standard InChI is InChI=1S/C12H18O2/c1-4-12(14-13-10(2)3)11-8-6-5-7-9-11/h5-10,12H,4H2,1-3H3. The van der Waals surface area contributed by atoms with Gasteiger partial charge in [0.1, 0.15) is 6.10 Å². The molecule has 2 heteroatoms. The van der Waals surface area contributed by atoms with Gasteiger partial charge in [-0.1, -0.05) is 37.3 Å². The third-order valence-corrected chi connectivity index (χ3v) is 1.91. The Balaban J connectivity index is 2.54. The highest BCUT2D eigenvalue weighted by Gasteiger charge is 2.10. The number of hydrogen-bond donors (Lipinski definition) is 0. The van der Waals surface area contributed by atoms with E-state index in [1.54, 1.807) is 0 Å². The lowest BCUT2D eigenvalue weighted by atomic mass is 10.1. The van der Waals surface area contributed by atoms with Crippen LogP contribution < -0.4 is 0 Å². The molecule has 78 valence electrons. The van der Waals surface area contributed by atoms with E-state index < -0.39 is 0 Å². The summed E-state index contributed by atoms with van der Waals surface area (Å²) in [6, 6.07) is 10.1. The molecule has 1 aromatic rings. The predicted octanol–water partition coefficient (Wildman–Crippen LogP) is 3.49. The molecule has 14 heavy (non-hydrogen) atoms. The predicted molar refractivity (Wildman–Crippen MR) is 56.8 cm³/mol. The second-order valence-corrected chi connectivity index (χ2v) is 3.55. The topological polar surface area (TPSA) is 18.5 Å². The Morgan fingerprint density at radius 3 is 2.21 bits per heavy atom. The first kappa shape index (κ1) is 11.2. The maximum absolute atomic E-state index is 5.34. The molecule has 0 radical (unpaired) electrons. The van der Waals surface area contributed by atoms with Crippen LogP contribution in [0.2, 0.25) is 0 Å². The molecule has 1 unspecified atom stereocenters. The van der Waals surface area contributed by atoms with Crippen molar-refractivity contribution in [2.75, 3.05) is 0 Å². The van der Waals surface area contributed by atoms with E-state index in [0.717, 1.165) is 12.0 Å². The zero-order valence-corrected chi connectivity index (χ0v) is 9.07. The molecule has 1 rings (SSSR count). The number of benzene rings is 1. The van der Waals surface area contributed by atoms with Crippen LogP contribution in [0.1, 0.15) is 38.9 Å². The summed E-state index contributed by atoms with van der Waals surface area (Å²) in [5, 5.41) is 0. The first-order valence-corrected chi connectivity index (χ1v) is 5.11. The molecular formula is C12H18O2. The van der Waals surface area contributed by atoms with Crippen LogP contribution in [-0.4, -0.2) is 6.10 Å². The van der Waals surface area contributed by atoms with Crippen molar-refractivity contribution in [2.45, 2.75) is 39.4 Å². The van der Waals surface area contributed by atoms with E-state index in [1.165, 1.54) is 0 Å². The molecule has 2 nitrogen and oxygen atoms in total. The first-order valence-electron chi connectivity index (χ1n) is 5.11. The van der Waals surface area contributed by atoms with E-state index >= 15 is 0 Å². The van der Waals surface area contributed by atoms with Crippen molar-refractivity contribution in [3.8, 4) is 0 Å². The van der Waals surface area contributed by atoms with Crippen LogP contribution in [0.4, 0.5) is 0 Å². The normalized spacial score (nSPS) is 13.1. The Morgan fingerprint density at radius 1 is 1.07 bits per heavy atom. The fraction of sp³-hybridized carbons (Fsp3) is 0.500. The highest BCUT2D eigenvalue weighted by molar-refractivity contribution is 5.17. The average molecular weight is 194 g/mol. The molecule has 0 aliphatic rings. The smallest absolute Gasteiger partial charge is 0.118 e. The van der Waals surface area contributed by atoms with Crippen molar-refractivity contribution in [1.82, 2.24) is 0 Å². The molecule has 0 aromatic heterocycles. The van der Waals surface area contributed by atoms with Gasteiger partial charge in [0.15, 0.2) is 0 Å². The Morgan fingerprint density at radius 2 is 1.71 bits per heavy atom. The highest BCUT2D eigenvalue weighted by atomic mass is 17.2. The molecule has 0 heterocycles. The summed E-state index contributed by atoms with van der Waals surface area (Å²) < 4.78 is 0. The van der Waals surface area contributed by atoms with Gasteiger partial charge in [-0.2, -0.15) is 0 Å². The molecule has 0 N–H and O–H groups in total. The molecule has 0 fully saturated rings. The van der Waals surface area contributed by atoms with Crippen LogP contribution in [0.5, 0.6) is 0 Å². The van der Waals surface area contributed by atoms with Crippen molar-refractivity contribution in [3.05, 3.63) is 35.9 Å². The van der Waals surface area contributed by atoms with Gasteiger partial charge >= 0.3 is 0 Å². The van der Waals surface area contributed by atoms with Gasteiger partial charge in [-0.15, -0.1) is 0 Å². The number of rotatable bonds is 5. The molecule has 0 saturated carbocycles. The van der Waals surface area contributed by atoms with Gasteiger partial charge in [0.25, 0.3) is 0 Å². The molecule has 0 saturated heterocycles. The second-order valence-electron chi connectivity index (χ2n) is 3.55. The van der Waals surface area contributed by atoms with Crippen molar-refractivity contribution >= 4 is 0 Å². The van der Waals surface area contributed by atoms with Crippen molar-refractivity contribution in [3.63, 3.8) is 0 Å². The minimum atomic E-state index is 0.0404. The second kappa shape index (κ2) is 5.78. The molecule has 0 aliphatic heterocycles. The van der Waals surface area contributed by atoms with Gasteiger partial charge in [-0.3, -0.25) is 0 Å². The summed E-state index contributed by atoms with van der Waals surface area (Å²) in [6.45, 7) is 6.00. The SMILES string of the molecule is CCC(OOC(C)C)c1ccccc1. The molecule has 0 spiro atoms. The number of hydrogen-bond acceptors (Lipinski definition) is 2. The van der Waals surface area contributed by atoms with Gasteiger partial charge in [0.05, 0.1) is 6.10 Å².